The van der Waals surface area contributed by atoms with Gasteiger partial charge >= 0.3 is 0 Å². The predicted octanol–water partition coefficient (Wildman–Crippen LogP) is 2.27. The van der Waals surface area contributed by atoms with Gasteiger partial charge in [-0.1, -0.05) is 60.7 Å². The monoisotopic (exact) mass is 296 g/mol. The first kappa shape index (κ1) is 12.9. The average molecular weight is 297 g/mol. The molecule has 0 saturated heterocycles. The smallest absolute Gasteiger partial charge is 0.166 e. The fraction of sp³-hybridized carbons (Fsp3) is 0.0769. The molecule has 0 spiro atoms. The highest BCUT2D eigenvalue weighted by atomic mass is 35.6. The molecule has 0 aliphatic heterocycles. The maximum absolute atomic E-state index is 6.54. The number of halogens is 2. The summed E-state index contributed by atoms with van der Waals surface area (Å²) in [7, 11) is -2.77. The summed E-state index contributed by atoms with van der Waals surface area (Å²) in [6.07, 6.45) is 0. The van der Waals surface area contributed by atoms with Crippen molar-refractivity contribution in [3.05, 3.63) is 60.7 Å². The molecule has 2 unspecified atom stereocenters. The van der Waals surface area contributed by atoms with Crippen molar-refractivity contribution < 1.29 is 0 Å². The molecule has 0 nitrogen and oxygen atoms in total. The maximum atomic E-state index is 6.54. The summed E-state index contributed by atoms with van der Waals surface area (Å²) in [5.41, 5.74) is 1.01. The van der Waals surface area contributed by atoms with Gasteiger partial charge in [0.2, 0.25) is 0 Å². The Kier molecular flexibility index (Phi) is 4.86. The average Bonchev–Trinajstić information content (AvgIpc) is 2.40. The van der Waals surface area contributed by atoms with Gasteiger partial charge in [-0.2, -0.15) is 22.2 Å². The Hall–Kier alpha value is -0.546. The zero-order valence-electron chi connectivity index (χ0n) is 9.39. The molecule has 2 atom stereocenters. The third-order valence-electron chi connectivity index (χ3n) is 2.74. The zero-order valence-corrected chi connectivity index (χ0v) is 13.2. The van der Waals surface area contributed by atoms with E-state index >= 15 is 0 Å². The lowest BCUT2D eigenvalue weighted by molar-refractivity contribution is 1.73. The van der Waals surface area contributed by atoms with Gasteiger partial charge in [0.05, 0.1) is 0 Å². The van der Waals surface area contributed by atoms with Crippen LogP contribution >= 0.6 is 22.2 Å². The molecule has 0 fully saturated rings. The van der Waals surface area contributed by atoms with Crippen LogP contribution < -0.4 is 10.4 Å². The molecule has 2 rings (SSSR count). The minimum atomic E-state index is -1.39. The molecular formula is C13H14Cl2Si2. The van der Waals surface area contributed by atoms with E-state index in [-0.39, 0.29) is 0 Å². The van der Waals surface area contributed by atoms with Crippen LogP contribution in [0.4, 0.5) is 0 Å². The van der Waals surface area contributed by atoms with Crippen molar-refractivity contribution in [2.45, 2.75) is 5.67 Å². The first-order chi connectivity index (χ1) is 8.27. The Labute approximate surface area is 115 Å². The zero-order chi connectivity index (χ0) is 12.1. The van der Waals surface area contributed by atoms with Crippen molar-refractivity contribution in [1.82, 2.24) is 0 Å². The van der Waals surface area contributed by atoms with Crippen LogP contribution in [0, 0.1) is 0 Å². The minimum Gasteiger partial charge on any atom is -0.166 e. The highest BCUT2D eigenvalue weighted by molar-refractivity contribution is 7.26. The minimum absolute atomic E-state index is 1.01. The second-order valence-electron chi connectivity index (χ2n) is 3.99. The van der Waals surface area contributed by atoms with Crippen LogP contribution in [0.5, 0.6) is 0 Å². The summed E-state index contributed by atoms with van der Waals surface area (Å²) in [5, 5.41) is 2.59. The number of rotatable bonds is 4. The van der Waals surface area contributed by atoms with Crippen molar-refractivity contribution in [2.75, 3.05) is 0 Å². The molecule has 0 heterocycles. The Bertz CT molecular complexity index is 404. The van der Waals surface area contributed by atoms with E-state index in [0.717, 1.165) is 5.67 Å². The molecule has 0 aromatic heterocycles. The Morgan fingerprint density at radius 3 is 1.35 bits per heavy atom. The Balaban J connectivity index is 2.02. The van der Waals surface area contributed by atoms with E-state index in [1.807, 2.05) is 36.4 Å². The van der Waals surface area contributed by atoms with Gasteiger partial charge in [-0.25, -0.2) is 0 Å². The first-order valence-electron chi connectivity index (χ1n) is 5.65. The normalized spacial score (nSPS) is 14.2. The van der Waals surface area contributed by atoms with Gasteiger partial charge in [0.15, 0.2) is 16.2 Å². The molecule has 2 aromatic rings. The molecule has 17 heavy (non-hydrogen) atoms. The second kappa shape index (κ2) is 6.40. The second-order valence-corrected chi connectivity index (χ2v) is 12.2. The molecule has 0 bridgehead atoms. The molecule has 0 radical (unpaired) electrons. The van der Waals surface area contributed by atoms with Gasteiger partial charge in [-0.3, -0.25) is 0 Å². The Morgan fingerprint density at radius 2 is 1.00 bits per heavy atom. The molecule has 0 N–H and O–H groups in total. The fourth-order valence-electron chi connectivity index (χ4n) is 1.78. The fourth-order valence-corrected chi connectivity index (χ4v) is 11.6. The molecular weight excluding hydrogens is 283 g/mol. The van der Waals surface area contributed by atoms with Crippen LogP contribution in [0.1, 0.15) is 0 Å². The largest absolute Gasteiger partial charge is 0.170 e. The van der Waals surface area contributed by atoms with Gasteiger partial charge in [-0.15, -0.1) is 0 Å². The third-order valence-corrected chi connectivity index (χ3v) is 13.0. The predicted molar refractivity (Wildman–Crippen MR) is 83.0 cm³/mol. The van der Waals surface area contributed by atoms with E-state index in [1.54, 1.807) is 0 Å². The SMILES string of the molecule is Cl[SiH](C[SiH](Cl)c1ccccc1)c1ccccc1. The van der Waals surface area contributed by atoms with Crippen molar-refractivity contribution in [3.63, 3.8) is 0 Å². The van der Waals surface area contributed by atoms with Crippen molar-refractivity contribution >= 4 is 48.7 Å². The molecule has 0 saturated carbocycles. The van der Waals surface area contributed by atoms with Crippen LogP contribution in [0.2, 0.25) is 5.67 Å². The summed E-state index contributed by atoms with van der Waals surface area (Å²) in [6.45, 7) is 0. The van der Waals surface area contributed by atoms with E-state index in [9.17, 15) is 0 Å². The molecule has 0 aliphatic carbocycles. The first-order valence-corrected chi connectivity index (χ1v) is 11.9. The molecule has 88 valence electrons. The summed E-state index contributed by atoms with van der Waals surface area (Å²) >= 11 is 13.1. The maximum Gasteiger partial charge on any atom is 0.170 e. The summed E-state index contributed by atoms with van der Waals surface area (Å²) < 4.78 is 0. The van der Waals surface area contributed by atoms with Gasteiger partial charge in [-0.05, 0) is 16.0 Å². The van der Waals surface area contributed by atoms with Gasteiger partial charge in [0.25, 0.3) is 0 Å². The van der Waals surface area contributed by atoms with E-state index in [1.165, 1.54) is 10.4 Å². The quantitative estimate of drug-likeness (QED) is 0.600. The van der Waals surface area contributed by atoms with Gasteiger partial charge in [0, 0.05) is 0 Å². The van der Waals surface area contributed by atoms with Crippen LogP contribution in [0.3, 0.4) is 0 Å². The topological polar surface area (TPSA) is 0 Å². The molecule has 4 heteroatoms. The highest BCUT2D eigenvalue weighted by Gasteiger charge is 2.18. The lowest BCUT2D eigenvalue weighted by atomic mass is 10.4. The summed E-state index contributed by atoms with van der Waals surface area (Å²) in [4.78, 5) is 0. The van der Waals surface area contributed by atoms with Crippen LogP contribution in [-0.2, 0) is 0 Å². The van der Waals surface area contributed by atoms with Crippen molar-refractivity contribution in [1.29, 1.82) is 0 Å². The highest BCUT2D eigenvalue weighted by Crippen LogP contribution is 2.07. The van der Waals surface area contributed by atoms with Crippen LogP contribution in [0.15, 0.2) is 60.7 Å². The standard InChI is InChI=1S/C13H14Cl2Si2/c14-16(12-7-3-1-4-8-12)11-17(15)13-9-5-2-6-10-13/h1-10,16-17H,11H2. The van der Waals surface area contributed by atoms with Crippen molar-refractivity contribution in [2.24, 2.45) is 0 Å². The number of benzene rings is 2. The van der Waals surface area contributed by atoms with Crippen molar-refractivity contribution in [3.8, 4) is 0 Å². The third kappa shape index (κ3) is 3.71. The van der Waals surface area contributed by atoms with E-state index < -0.39 is 16.2 Å². The Morgan fingerprint density at radius 1 is 0.647 bits per heavy atom. The van der Waals surface area contributed by atoms with Gasteiger partial charge in [0.1, 0.15) is 0 Å². The lowest BCUT2D eigenvalue weighted by Crippen LogP contribution is -2.34. The molecule has 0 amide bonds. The molecule has 2 aromatic carbocycles. The van der Waals surface area contributed by atoms with Crippen LogP contribution in [-0.4, -0.2) is 16.2 Å². The number of hydrogen-bond donors (Lipinski definition) is 0. The lowest BCUT2D eigenvalue weighted by Gasteiger charge is -2.12. The van der Waals surface area contributed by atoms with Gasteiger partial charge < -0.3 is 0 Å². The molecule has 0 aliphatic rings. The summed E-state index contributed by atoms with van der Waals surface area (Å²) in [5.74, 6) is 0. The van der Waals surface area contributed by atoms with E-state index in [4.69, 9.17) is 22.2 Å². The number of hydrogen-bond acceptors (Lipinski definition) is 0. The van der Waals surface area contributed by atoms with E-state index in [2.05, 4.69) is 24.3 Å². The van der Waals surface area contributed by atoms with E-state index in [0.29, 0.717) is 0 Å². The van der Waals surface area contributed by atoms with Crippen LogP contribution in [0.25, 0.3) is 0 Å². The summed E-state index contributed by atoms with van der Waals surface area (Å²) in [6, 6.07) is 20.7.